The van der Waals surface area contributed by atoms with Gasteiger partial charge >= 0.3 is 0 Å². The van der Waals surface area contributed by atoms with Gasteiger partial charge in [0.1, 0.15) is 0 Å². The first-order chi connectivity index (χ1) is 10.6. The number of aromatic hydroxyl groups is 1. The molecule has 1 saturated carbocycles. The molecule has 3 atom stereocenters. The largest absolute Gasteiger partial charge is 0.504 e. The molecule has 3 rings (SSSR count). The van der Waals surface area contributed by atoms with Crippen LogP contribution in [0.5, 0.6) is 11.5 Å². The number of phenols is 1. The summed E-state index contributed by atoms with van der Waals surface area (Å²) in [5.41, 5.74) is 2.36. The van der Waals surface area contributed by atoms with E-state index in [1.807, 2.05) is 19.1 Å². The van der Waals surface area contributed by atoms with E-state index in [0.29, 0.717) is 17.6 Å². The van der Waals surface area contributed by atoms with Crippen LogP contribution in [0, 0.1) is 17.8 Å². The number of methoxy groups -OCH3 is 1. The minimum absolute atomic E-state index is 0.0976. The topological polar surface area (TPSA) is 46.5 Å². The second-order valence-electron chi connectivity index (χ2n) is 6.20. The molecule has 3 heteroatoms. The zero-order chi connectivity index (χ0) is 15.7. The fourth-order valence-corrected chi connectivity index (χ4v) is 4.00. The Balaban J connectivity index is 1.80. The van der Waals surface area contributed by atoms with Crippen molar-refractivity contribution in [3.05, 3.63) is 47.6 Å². The summed E-state index contributed by atoms with van der Waals surface area (Å²) in [5, 5.41) is 9.92. The van der Waals surface area contributed by atoms with E-state index < -0.39 is 0 Å². The summed E-state index contributed by atoms with van der Waals surface area (Å²) in [7, 11) is 1.54. The number of fused-ring (bicyclic) bond motifs is 1. The Kier molecular flexibility index (Phi) is 4.06. The van der Waals surface area contributed by atoms with Gasteiger partial charge < -0.3 is 9.84 Å². The molecule has 1 aromatic rings. The van der Waals surface area contributed by atoms with Crippen LogP contribution < -0.4 is 4.74 Å². The van der Waals surface area contributed by atoms with Gasteiger partial charge in [-0.1, -0.05) is 18.2 Å². The van der Waals surface area contributed by atoms with Crippen molar-refractivity contribution < 1.29 is 14.6 Å². The lowest BCUT2D eigenvalue weighted by Crippen LogP contribution is -2.28. The summed E-state index contributed by atoms with van der Waals surface area (Å²) >= 11 is 0. The normalized spacial score (nSPS) is 28.9. The Bertz CT molecular complexity index is 642. The number of rotatable bonds is 3. The van der Waals surface area contributed by atoms with E-state index >= 15 is 0 Å². The molecule has 0 unspecified atom stereocenters. The zero-order valence-electron chi connectivity index (χ0n) is 13.1. The Morgan fingerprint density at radius 2 is 2.14 bits per heavy atom. The molecule has 22 heavy (non-hydrogen) atoms. The lowest BCUT2D eigenvalue weighted by Gasteiger charge is -2.27. The van der Waals surface area contributed by atoms with Gasteiger partial charge in [0.15, 0.2) is 17.3 Å². The smallest absolute Gasteiger partial charge is 0.160 e. The molecular weight excluding hydrogens is 276 g/mol. The van der Waals surface area contributed by atoms with Gasteiger partial charge in [0.05, 0.1) is 7.11 Å². The minimum atomic E-state index is 0.0976. The van der Waals surface area contributed by atoms with E-state index in [0.717, 1.165) is 24.8 Å². The number of hydrogen-bond donors (Lipinski definition) is 1. The number of allylic oxidation sites excluding steroid dienone is 4. The highest BCUT2D eigenvalue weighted by Gasteiger charge is 2.42. The minimum Gasteiger partial charge on any atom is -0.504 e. The molecule has 1 N–H and O–H groups in total. The second-order valence-corrected chi connectivity index (χ2v) is 6.20. The molecule has 2 aliphatic rings. The summed E-state index contributed by atoms with van der Waals surface area (Å²) in [5.74, 6) is 1.74. The predicted molar refractivity (Wildman–Crippen MR) is 86.0 cm³/mol. The third-order valence-electron chi connectivity index (χ3n) is 5.06. The number of ketones is 1. The van der Waals surface area contributed by atoms with Gasteiger partial charge in [0.2, 0.25) is 0 Å². The summed E-state index contributed by atoms with van der Waals surface area (Å²) in [6.45, 7) is 2.04. The number of ether oxygens (including phenoxy) is 1. The highest BCUT2D eigenvalue weighted by molar-refractivity contribution is 5.94. The molecule has 0 amide bonds. The van der Waals surface area contributed by atoms with Crippen molar-refractivity contribution in [2.24, 2.45) is 17.8 Å². The standard InChI is InChI=1S/C19H22O3/c1-3-13-6-8-16(20)19-14(5-7-15(13)19)10-12-4-9-18(22-2)17(21)11-12/h3-4,6,8-9,11,14-15,19,21H,5,7,10H2,1-2H3/b13-3-/t14-,15+,19+/m0/s1. The SMILES string of the molecule is C/C=C1/C=CC(=O)[C@@H]2[C@H](Cc3ccc(OC)c(O)c3)CC[C@H]12. The third-order valence-corrected chi connectivity index (χ3v) is 5.06. The van der Waals surface area contributed by atoms with Crippen LogP contribution in [0.2, 0.25) is 0 Å². The lowest BCUT2D eigenvalue weighted by atomic mass is 9.76. The van der Waals surface area contributed by atoms with E-state index in [1.165, 1.54) is 5.57 Å². The van der Waals surface area contributed by atoms with Crippen molar-refractivity contribution in [3.8, 4) is 11.5 Å². The van der Waals surface area contributed by atoms with Crippen molar-refractivity contribution in [1.82, 2.24) is 0 Å². The molecule has 0 aliphatic heterocycles. The fourth-order valence-electron chi connectivity index (χ4n) is 4.00. The van der Waals surface area contributed by atoms with Crippen LogP contribution in [-0.2, 0) is 11.2 Å². The quantitative estimate of drug-likeness (QED) is 0.926. The van der Waals surface area contributed by atoms with Gasteiger partial charge in [0, 0.05) is 5.92 Å². The van der Waals surface area contributed by atoms with Crippen LogP contribution in [0.15, 0.2) is 42.0 Å². The molecule has 1 aromatic carbocycles. The summed E-state index contributed by atoms with van der Waals surface area (Å²) in [6.07, 6.45) is 8.81. The van der Waals surface area contributed by atoms with Crippen LogP contribution in [0.25, 0.3) is 0 Å². The molecule has 0 spiro atoms. The van der Waals surface area contributed by atoms with E-state index in [9.17, 15) is 9.90 Å². The molecular formula is C19H22O3. The Morgan fingerprint density at radius 3 is 2.82 bits per heavy atom. The van der Waals surface area contributed by atoms with Crippen molar-refractivity contribution in [2.75, 3.05) is 7.11 Å². The van der Waals surface area contributed by atoms with Gasteiger partial charge in [-0.3, -0.25) is 4.79 Å². The first-order valence-corrected chi connectivity index (χ1v) is 7.88. The maximum Gasteiger partial charge on any atom is 0.160 e. The summed E-state index contributed by atoms with van der Waals surface area (Å²) in [4.78, 5) is 12.3. The number of phenolic OH excluding ortho intramolecular Hbond substituents is 1. The average Bonchev–Trinajstić information content (AvgIpc) is 2.93. The Morgan fingerprint density at radius 1 is 1.32 bits per heavy atom. The first kappa shape index (κ1) is 14.9. The van der Waals surface area contributed by atoms with E-state index in [-0.39, 0.29) is 17.5 Å². The molecule has 0 saturated heterocycles. The van der Waals surface area contributed by atoms with Gasteiger partial charge in [-0.05, 0) is 67.4 Å². The van der Waals surface area contributed by atoms with Crippen molar-refractivity contribution in [1.29, 1.82) is 0 Å². The van der Waals surface area contributed by atoms with Crippen LogP contribution in [0.4, 0.5) is 0 Å². The van der Waals surface area contributed by atoms with Crippen LogP contribution in [0.1, 0.15) is 25.3 Å². The maximum atomic E-state index is 12.3. The second kappa shape index (κ2) is 5.99. The summed E-state index contributed by atoms with van der Waals surface area (Å²) < 4.78 is 5.08. The lowest BCUT2D eigenvalue weighted by molar-refractivity contribution is -0.120. The predicted octanol–water partition coefficient (Wildman–Crippen LogP) is 3.67. The Labute approximate surface area is 131 Å². The maximum absolute atomic E-state index is 12.3. The number of carbonyl (C=O) groups excluding carboxylic acids is 1. The molecule has 0 bridgehead atoms. The third kappa shape index (κ3) is 2.56. The van der Waals surface area contributed by atoms with E-state index in [1.54, 1.807) is 25.3 Å². The van der Waals surface area contributed by atoms with Gasteiger partial charge in [0.25, 0.3) is 0 Å². The molecule has 3 nitrogen and oxygen atoms in total. The van der Waals surface area contributed by atoms with Gasteiger partial charge in [-0.2, -0.15) is 0 Å². The molecule has 0 radical (unpaired) electrons. The fraction of sp³-hybridized carbons (Fsp3) is 0.421. The first-order valence-electron chi connectivity index (χ1n) is 7.88. The van der Waals surface area contributed by atoms with Crippen LogP contribution in [0.3, 0.4) is 0 Å². The molecule has 1 fully saturated rings. The molecule has 116 valence electrons. The van der Waals surface area contributed by atoms with E-state index in [4.69, 9.17) is 4.74 Å². The van der Waals surface area contributed by atoms with Crippen LogP contribution >= 0.6 is 0 Å². The van der Waals surface area contributed by atoms with Gasteiger partial charge in [-0.25, -0.2) is 0 Å². The highest BCUT2D eigenvalue weighted by Crippen LogP contribution is 2.46. The number of carbonyl (C=O) groups is 1. The summed E-state index contributed by atoms with van der Waals surface area (Å²) in [6, 6.07) is 5.52. The Hall–Kier alpha value is -2.03. The van der Waals surface area contributed by atoms with Gasteiger partial charge in [-0.15, -0.1) is 0 Å². The average molecular weight is 298 g/mol. The molecule has 0 heterocycles. The zero-order valence-corrected chi connectivity index (χ0v) is 13.1. The molecule has 0 aromatic heterocycles. The number of benzene rings is 1. The van der Waals surface area contributed by atoms with E-state index in [2.05, 4.69) is 6.08 Å². The van der Waals surface area contributed by atoms with Crippen molar-refractivity contribution in [2.45, 2.75) is 26.2 Å². The highest BCUT2D eigenvalue weighted by atomic mass is 16.5. The number of hydrogen-bond acceptors (Lipinski definition) is 3. The monoisotopic (exact) mass is 298 g/mol. The molecule has 2 aliphatic carbocycles. The van der Waals surface area contributed by atoms with Crippen molar-refractivity contribution in [3.63, 3.8) is 0 Å². The van der Waals surface area contributed by atoms with Crippen LogP contribution in [-0.4, -0.2) is 18.0 Å². The van der Waals surface area contributed by atoms with Crippen molar-refractivity contribution >= 4 is 5.78 Å².